The van der Waals surface area contributed by atoms with Gasteiger partial charge < -0.3 is 15.1 Å². The minimum Gasteiger partial charge on any atom is -0.352 e. The van der Waals surface area contributed by atoms with E-state index in [1.165, 1.54) is 6.33 Å². The van der Waals surface area contributed by atoms with Crippen molar-refractivity contribution in [2.24, 2.45) is 13.0 Å². The molecule has 11 nitrogen and oxygen atoms in total. The van der Waals surface area contributed by atoms with Crippen LogP contribution in [0.25, 0.3) is 11.0 Å². The Labute approximate surface area is 185 Å². The number of carbonyl (C=O) groups is 3. The van der Waals surface area contributed by atoms with E-state index in [0.717, 1.165) is 41.0 Å². The summed E-state index contributed by atoms with van der Waals surface area (Å²) < 4.78 is 1.71. The Kier molecular flexibility index (Phi) is 4.98. The second-order valence-electron chi connectivity index (χ2n) is 9.01. The van der Waals surface area contributed by atoms with Crippen LogP contribution in [0.5, 0.6) is 0 Å². The first kappa shape index (κ1) is 20.7. The minimum absolute atomic E-state index is 0.0773. The number of urea groups is 1. The Morgan fingerprint density at radius 1 is 1.19 bits per heavy atom. The fourth-order valence-corrected chi connectivity index (χ4v) is 5.24. The van der Waals surface area contributed by atoms with Crippen LogP contribution in [0.15, 0.2) is 12.5 Å². The molecule has 1 N–H and O–H groups in total. The molecule has 0 radical (unpaired) electrons. The Hall–Kier alpha value is -3.24. The molecule has 3 fully saturated rings. The second kappa shape index (κ2) is 7.72. The van der Waals surface area contributed by atoms with Crippen molar-refractivity contribution in [3.8, 4) is 0 Å². The van der Waals surface area contributed by atoms with Gasteiger partial charge in [0.25, 0.3) is 5.91 Å². The molecule has 32 heavy (non-hydrogen) atoms. The third-order valence-corrected chi connectivity index (χ3v) is 7.24. The molecular weight excluding hydrogens is 412 g/mol. The van der Waals surface area contributed by atoms with Crippen molar-refractivity contribution in [2.45, 2.75) is 38.1 Å². The van der Waals surface area contributed by atoms with Gasteiger partial charge in [0, 0.05) is 33.2 Å². The van der Waals surface area contributed by atoms with E-state index < -0.39 is 11.6 Å². The van der Waals surface area contributed by atoms with Gasteiger partial charge in [-0.25, -0.2) is 14.8 Å². The first-order valence-electron chi connectivity index (χ1n) is 11.2. The van der Waals surface area contributed by atoms with Crippen LogP contribution < -0.4 is 10.2 Å². The summed E-state index contributed by atoms with van der Waals surface area (Å²) in [6.45, 7) is 4.00. The van der Waals surface area contributed by atoms with Crippen molar-refractivity contribution in [1.82, 2.24) is 34.9 Å². The molecule has 0 unspecified atom stereocenters. The second-order valence-corrected chi connectivity index (χ2v) is 9.01. The van der Waals surface area contributed by atoms with E-state index in [1.54, 1.807) is 15.8 Å². The number of carbonyl (C=O) groups excluding carboxylic acids is 3. The van der Waals surface area contributed by atoms with Crippen LogP contribution in [0.2, 0.25) is 0 Å². The first-order chi connectivity index (χ1) is 15.4. The zero-order valence-corrected chi connectivity index (χ0v) is 18.5. The molecule has 2 aromatic heterocycles. The molecule has 4 heterocycles. The highest BCUT2D eigenvalue weighted by Crippen LogP contribution is 2.38. The summed E-state index contributed by atoms with van der Waals surface area (Å²) in [7, 11) is 1.84. The fourth-order valence-electron chi connectivity index (χ4n) is 5.24. The van der Waals surface area contributed by atoms with Gasteiger partial charge in [-0.05, 0) is 18.8 Å². The van der Waals surface area contributed by atoms with Crippen molar-refractivity contribution in [3.05, 3.63) is 12.5 Å². The Bertz CT molecular complexity index is 1080. The molecule has 1 aliphatic carbocycles. The Balaban J connectivity index is 1.23. The zero-order chi connectivity index (χ0) is 22.5. The maximum atomic E-state index is 13.1. The number of rotatable bonds is 3. The van der Waals surface area contributed by atoms with Crippen molar-refractivity contribution in [3.63, 3.8) is 0 Å². The standard InChI is InChI=1S/C21H28N8O3/c1-14-5-3-4-6-21(14)19(31)29(20(32)25-21)12-16(30)27-7-9-28(10-8-27)18-15-11-24-26(2)17(15)22-13-23-18/h11,13-14H,3-10,12H2,1-2H3,(H,25,32)/t14-,21+/m0/s1. The van der Waals surface area contributed by atoms with Gasteiger partial charge in [0.2, 0.25) is 5.91 Å². The van der Waals surface area contributed by atoms with Crippen LogP contribution >= 0.6 is 0 Å². The van der Waals surface area contributed by atoms with E-state index in [4.69, 9.17) is 0 Å². The van der Waals surface area contributed by atoms with Crippen molar-refractivity contribution < 1.29 is 14.4 Å². The lowest BCUT2D eigenvalue weighted by Gasteiger charge is -2.37. The predicted octanol–water partition coefficient (Wildman–Crippen LogP) is 0.513. The number of piperazine rings is 1. The molecule has 0 aromatic carbocycles. The number of hydrogen-bond donors (Lipinski definition) is 1. The van der Waals surface area contributed by atoms with Gasteiger partial charge in [0.1, 0.15) is 24.2 Å². The first-order valence-corrected chi connectivity index (χ1v) is 11.2. The lowest BCUT2D eigenvalue weighted by atomic mass is 9.73. The normalized spacial score (nSPS) is 26.3. The van der Waals surface area contributed by atoms with Gasteiger partial charge in [0.15, 0.2) is 5.65 Å². The molecule has 2 saturated heterocycles. The summed E-state index contributed by atoms with van der Waals surface area (Å²) in [4.78, 5) is 52.3. The molecule has 5 rings (SSSR count). The fraction of sp³-hybridized carbons (Fsp3) is 0.619. The highest BCUT2D eigenvalue weighted by Gasteiger charge is 2.55. The van der Waals surface area contributed by atoms with E-state index in [9.17, 15) is 14.4 Å². The number of imide groups is 1. The van der Waals surface area contributed by atoms with Gasteiger partial charge in [-0.2, -0.15) is 5.10 Å². The topological polar surface area (TPSA) is 117 Å². The van der Waals surface area contributed by atoms with E-state index >= 15 is 0 Å². The number of nitrogens with zero attached hydrogens (tertiary/aromatic N) is 7. The lowest BCUT2D eigenvalue weighted by molar-refractivity contribution is -0.140. The maximum Gasteiger partial charge on any atom is 0.325 e. The van der Waals surface area contributed by atoms with E-state index in [0.29, 0.717) is 32.6 Å². The van der Waals surface area contributed by atoms with Crippen molar-refractivity contribution in [2.75, 3.05) is 37.6 Å². The van der Waals surface area contributed by atoms with E-state index in [-0.39, 0.29) is 24.3 Å². The number of amides is 4. The molecule has 2 atom stereocenters. The molecule has 3 aliphatic rings. The molecule has 2 aromatic rings. The molecular formula is C21H28N8O3. The number of anilines is 1. The summed E-state index contributed by atoms with van der Waals surface area (Å²) in [6, 6.07) is -0.448. The number of hydrogen-bond acceptors (Lipinski definition) is 7. The molecule has 170 valence electrons. The number of fused-ring (bicyclic) bond motifs is 1. The maximum absolute atomic E-state index is 13.1. The van der Waals surface area contributed by atoms with Crippen molar-refractivity contribution in [1.29, 1.82) is 0 Å². The number of nitrogens with one attached hydrogen (secondary N) is 1. The zero-order valence-electron chi connectivity index (χ0n) is 18.5. The Morgan fingerprint density at radius 3 is 2.72 bits per heavy atom. The largest absolute Gasteiger partial charge is 0.352 e. The van der Waals surface area contributed by atoms with Crippen LogP contribution in [-0.2, 0) is 16.6 Å². The predicted molar refractivity (Wildman–Crippen MR) is 116 cm³/mol. The molecule has 11 heteroatoms. The minimum atomic E-state index is -0.837. The average molecular weight is 441 g/mol. The Morgan fingerprint density at radius 2 is 1.97 bits per heavy atom. The van der Waals surface area contributed by atoms with Crippen LogP contribution in [-0.4, -0.2) is 85.7 Å². The van der Waals surface area contributed by atoms with Crippen LogP contribution in [0.3, 0.4) is 0 Å². The van der Waals surface area contributed by atoms with Gasteiger partial charge in [-0.3, -0.25) is 19.2 Å². The van der Waals surface area contributed by atoms with Crippen LogP contribution in [0.1, 0.15) is 32.6 Å². The molecule has 4 amide bonds. The van der Waals surface area contributed by atoms with Crippen LogP contribution in [0.4, 0.5) is 10.6 Å². The van der Waals surface area contributed by atoms with Crippen LogP contribution in [0, 0.1) is 5.92 Å². The van der Waals surface area contributed by atoms with E-state index in [2.05, 4.69) is 25.3 Å². The highest BCUT2D eigenvalue weighted by molar-refractivity contribution is 6.09. The molecule has 1 spiro atoms. The number of aromatic nitrogens is 4. The molecule has 2 aliphatic heterocycles. The number of aryl methyl sites for hydroxylation is 1. The summed E-state index contributed by atoms with van der Waals surface area (Å²) in [5.74, 6) is 0.426. The van der Waals surface area contributed by atoms with Crippen molar-refractivity contribution >= 4 is 34.7 Å². The summed E-state index contributed by atoms with van der Waals surface area (Å²) in [5, 5.41) is 8.04. The summed E-state index contributed by atoms with van der Waals surface area (Å²) in [5.41, 5.74) is -0.0749. The lowest BCUT2D eigenvalue weighted by Crippen LogP contribution is -2.55. The summed E-state index contributed by atoms with van der Waals surface area (Å²) >= 11 is 0. The molecule has 0 bridgehead atoms. The quantitative estimate of drug-likeness (QED) is 0.691. The van der Waals surface area contributed by atoms with Gasteiger partial charge >= 0.3 is 6.03 Å². The smallest absolute Gasteiger partial charge is 0.325 e. The van der Waals surface area contributed by atoms with Gasteiger partial charge in [-0.1, -0.05) is 19.8 Å². The highest BCUT2D eigenvalue weighted by atomic mass is 16.2. The third-order valence-electron chi connectivity index (χ3n) is 7.24. The summed E-state index contributed by atoms with van der Waals surface area (Å²) in [6.07, 6.45) is 6.80. The van der Waals surface area contributed by atoms with Gasteiger partial charge in [-0.15, -0.1) is 0 Å². The van der Waals surface area contributed by atoms with E-state index in [1.807, 2.05) is 14.0 Å². The van der Waals surface area contributed by atoms with Gasteiger partial charge in [0.05, 0.1) is 11.6 Å². The molecule has 1 saturated carbocycles. The SMILES string of the molecule is C[C@H]1CCCC[C@@]12NC(=O)N(CC(=O)N1CCN(c3ncnc4c3cnn4C)CC1)C2=O. The third kappa shape index (κ3) is 3.18. The average Bonchev–Trinajstić information content (AvgIpc) is 3.29. The monoisotopic (exact) mass is 440 g/mol.